The first kappa shape index (κ1) is 12.3. The van der Waals surface area contributed by atoms with E-state index in [-0.39, 0.29) is 12.5 Å². The van der Waals surface area contributed by atoms with E-state index in [2.05, 4.69) is 15.5 Å². The normalized spacial score (nSPS) is 12.6. The molecule has 0 bridgehead atoms. The van der Waals surface area contributed by atoms with Crippen LogP contribution in [0.25, 0.3) is 11.6 Å². The maximum Gasteiger partial charge on any atom is 0.305 e. The molecule has 18 heavy (non-hydrogen) atoms. The second-order valence-corrected chi connectivity index (χ2v) is 4.04. The van der Waals surface area contributed by atoms with Crippen LogP contribution in [0.1, 0.15) is 31.4 Å². The Bertz CT molecular complexity index is 546. The summed E-state index contributed by atoms with van der Waals surface area (Å²) in [7, 11) is 0. The Labute approximate surface area is 103 Å². The second-order valence-electron chi connectivity index (χ2n) is 4.04. The predicted molar refractivity (Wildman–Crippen MR) is 61.8 cm³/mol. The molecule has 2 heterocycles. The van der Waals surface area contributed by atoms with Crippen molar-refractivity contribution >= 4 is 5.97 Å². The highest BCUT2D eigenvalue weighted by molar-refractivity contribution is 5.67. The minimum atomic E-state index is -0.875. The van der Waals surface area contributed by atoms with Crippen molar-refractivity contribution in [3.63, 3.8) is 0 Å². The van der Waals surface area contributed by atoms with E-state index in [4.69, 9.17) is 9.52 Å². The third-order valence-corrected chi connectivity index (χ3v) is 2.79. The molecule has 0 saturated heterocycles. The second kappa shape index (κ2) is 4.99. The van der Waals surface area contributed by atoms with Crippen LogP contribution >= 0.6 is 0 Å². The summed E-state index contributed by atoms with van der Waals surface area (Å²) in [5.74, 6) is 0.161. The summed E-state index contributed by atoms with van der Waals surface area (Å²) in [6, 6.07) is 1.53. The van der Waals surface area contributed by atoms with Gasteiger partial charge in [0.2, 0.25) is 5.82 Å². The van der Waals surface area contributed by atoms with Gasteiger partial charge in [0.1, 0.15) is 0 Å². The SMILES string of the molecule is CCC(CC(=O)O)n1nnnc1-c1occc1C. The summed E-state index contributed by atoms with van der Waals surface area (Å²) in [5.41, 5.74) is 0.913. The fourth-order valence-corrected chi connectivity index (χ4v) is 1.80. The van der Waals surface area contributed by atoms with Gasteiger partial charge < -0.3 is 9.52 Å². The molecule has 0 aromatic carbocycles. The zero-order chi connectivity index (χ0) is 13.1. The molecule has 0 spiro atoms. The number of furan rings is 1. The maximum absolute atomic E-state index is 10.8. The zero-order valence-corrected chi connectivity index (χ0v) is 10.2. The predicted octanol–water partition coefficient (Wildman–Crippen LogP) is 1.67. The van der Waals surface area contributed by atoms with Crippen LogP contribution in [0.5, 0.6) is 0 Å². The van der Waals surface area contributed by atoms with E-state index in [0.29, 0.717) is 18.0 Å². The monoisotopic (exact) mass is 250 g/mol. The van der Waals surface area contributed by atoms with Crippen molar-refractivity contribution in [2.24, 2.45) is 0 Å². The van der Waals surface area contributed by atoms with E-state index >= 15 is 0 Å². The van der Waals surface area contributed by atoms with Gasteiger partial charge in [0.05, 0.1) is 18.7 Å². The summed E-state index contributed by atoms with van der Waals surface area (Å²) in [5, 5.41) is 20.3. The smallest absolute Gasteiger partial charge is 0.305 e. The lowest BCUT2D eigenvalue weighted by atomic mass is 10.1. The lowest BCUT2D eigenvalue weighted by molar-refractivity contribution is -0.138. The summed E-state index contributed by atoms with van der Waals surface area (Å²) < 4.78 is 6.85. The van der Waals surface area contributed by atoms with Gasteiger partial charge in [0.25, 0.3) is 0 Å². The molecule has 7 heteroatoms. The van der Waals surface area contributed by atoms with E-state index < -0.39 is 5.97 Å². The van der Waals surface area contributed by atoms with E-state index in [9.17, 15) is 4.79 Å². The Balaban J connectivity index is 2.38. The first-order valence-corrected chi connectivity index (χ1v) is 5.67. The van der Waals surface area contributed by atoms with Gasteiger partial charge in [-0.25, -0.2) is 4.68 Å². The van der Waals surface area contributed by atoms with E-state index in [1.54, 1.807) is 6.26 Å². The van der Waals surface area contributed by atoms with Gasteiger partial charge in [-0.1, -0.05) is 6.92 Å². The number of hydrogen-bond donors (Lipinski definition) is 1. The average molecular weight is 250 g/mol. The highest BCUT2D eigenvalue weighted by Gasteiger charge is 2.22. The highest BCUT2D eigenvalue weighted by atomic mass is 16.4. The summed E-state index contributed by atoms with van der Waals surface area (Å²) >= 11 is 0. The fraction of sp³-hybridized carbons (Fsp3) is 0.455. The van der Waals surface area contributed by atoms with Crippen LogP contribution in [0, 0.1) is 6.92 Å². The van der Waals surface area contributed by atoms with Crippen molar-refractivity contribution in [2.45, 2.75) is 32.7 Å². The third-order valence-electron chi connectivity index (χ3n) is 2.79. The quantitative estimate of drug-likeness (QED) is 0.867. The highest BCUT2D eigenvalue weighted by Crippen LogP contribution is 2.25. The number of carbonyl (C=O) groups is 1. The average Bonchev–Trinajstić information content (AvgIpc) is 2.93. The van der Waals surface area contributed by atoms with E-state index in [1.165, 1.54) is 4.68 Å². The van der Waals surface area contributed by atoms with Crippen LogP contribution in [0.3, 0.4) is 0 Å². The van der Waals surface area contributed by atoms with Gasteiger partial charge >= 0.3 is 5.97 Å². The topological polar surface area (TPSA) is 94.0 Å². The van der Waals surface area contributed by atoms with Crippen molar-refractivity contribution in [2.75, 3.05) is 0 Å². The Morgan fingerprint density at radius 3 is 2.94 bits per heavy atom. The Kier molecular flexibility index (Phi) is 3.40. The van der Waals surface area contributed by atoms with Crippen LogP contribution in [-0.4, -0.2) is 31.3 Å². The van der Waals surface area contributed by atoms with Crippen molar-refractivity contribution in [1.29, 1.82) is 0 Å². The number of carboxylic acids is 1. The van der Waals surface area contributed by atoms with Gasteiger partial charge in [-0.3, -0.25) is 4.79 Å². The van der Waals surface area contributed by atoms with Crippen molar-refractivity contribution in [1.82, 2.24) is 20.2 Å². The first-order chi connectivity index (χ1) is 8.63. The third kappa shape index (κ3) is 2.24. The minimum Gasteiger partial charge on any atom is -0.481 e. The van der Waals surface area contributed by atoms with Crippen molar-refractivity contribution < 1.29 is 14.3 Å². The summed E-state index contributed by atoms with van der Waals surface area (Å²) in [6.07, 6.45) is 2.17. The molecular weight excluding hydrogens is 236 g/mol. The van der Waals surface area contributed by atoms with Crippen LogP contribution < -0.4 is 0 Å². The molecule has 96 valence electrons. The molecule has 2 aromatic rings. The molecular formula is C11H14N4O3. The Morgan fingerprint density at radius 2 is 2.39 bits per heavy atom. The molecule has 1 unspecified atom stereocenters. The van der Waals surface area contributed by atoms with Crippen LogP contribution in [0.4, 0.5) is 0 Å². The largest absolute Gasteiger partial charge is 0.481 e. The Morgan fingerprint density at radius 1 is 1.61 bits per heavy atom. The molecule has 0 radical (unpaired) electrons. The molecule has 0 aliphatic rings. The Hall–Kier alpha value is -2.18. The molecule has 0 fully saturated rings. The molecule has 1 atom stereocenters. The zero-order valence-electron chi connectivity index (χ0n) is 10.2. The number of tetrazole rings is 1. The lowest BCUT2D eigenvalue weighted by Gasteiger charge is -2.13. The number of nitrogens with zero attached hydrogens (tertiary/aromatic N) is 4. The number of hydrogen-bond acceptors (Lipinski definition) is 5. The van der Waals surface area contributed by atoms with Gasteiger partial charge in [-0.2, -0.15) is 0 Å². The molecule has 0 amide bonds. The molecule has 0 aliphatic heterocycles. The van der Waals surface area contributed by atoms with Crippen LogP contribution in [0.15, 0.2) is 16.7 Å². The fourth-order valence-electron chi connectivity index (χ4n) is 1.80. The minimum absolute atomic E-state index is 0.0195. The van der Waals surface area contributed by atoms with Gasteiger partial charge in [-0.15, -0.1) is 5.10 Å². The molecule has 7 nitrogen and oxygen atoms in total. The van der Waals surface area contributed by atoms with E-state index in [0.717, 1.165) is 5.56 Å². The van der Waals surface area contributed by atoms with Crippen molar-refractivity contribution in [3.05, 3.63) is 17.9 Å². The number of aryl methyl sites for hydroxylation is 1. The van der Waals surface area contributed by atoms with Crippen LogP contribution in [0.2, 0.25) is 0 Å². The van der Waals surface area contributed by atoms with Gasteiger partial charge in [0.15, 0.2) is 5.76 Å². The molecule has 0 aliphatic carbocycles. The summed E-state index contributed by atoms with van der Waals surface area (Å²) in [6.45, 7) is 3.78. The molecule has 0 saturated carbocycles. The summed E-state index contributed by atoms with van der Waals surface area (Å²) in [4.78, 5) is 10.8. The lowest BCUT2D eigenvalue weighted by Crippen LogP contribution is -2.15. The maximum atomic E-state index is 10.8. The van der Waals surface area contributed by atoms with Gasteiger partial charge in [-0.05, 0) is 35.4 Å². The number of carboxylic acid groups (broad SMARTS) is 1. The van der Waals surface area contributed by atoms with Crippen molar-refractivity contribution in [3.8, 4) is 11.6 Å². The van der Waals surface area contributed by atoms with Crippen LogP contribution in [-0.2, 0) is 4.79 Å². The molecule has 2 rings (SSSR count). The molecule has 1 N–H and O–H groups in total. The standard InChI is InChI=1S/C11H14N4O3/c1-3-8(6-9(16)17)15-11(12-13-14-15)10-7(2)4-5-18-10/h4-5,8H,3,6H2,1-2H3,(H,16,17). The van der Waals surface area contributed by atoms with Gasteiger partial charge in [0, 0.05) is 0 Å². The molecule has 2 aromatic heterocycles. The number of aromatic nitrogens is 4. The van der Waals surface area contributed by atoms with E-state index in [1.807, 2.05) is 19.9 Å². The number of rotatable bonds is 5. The first-order valence-electron chi connectivity index (χ1n) is 5.67. The number of aliphatic carboxylic acids is 1.